The van der Waals surface area contributed by atoms with Gasteiger partial charge in [-0.3, -0.25) is 0 Å². The Morgan fingerprint density at radius 1 is 1.07 bits per heavy atom. The zero-order valence-electron chi connectivity index (χ0n) is 10.8. The fraction of sp³-hybridized carbons (Fsp3) is 1.00. The van der Waals surface area contributed by atoms with Crippen molar-refractivity contribution in [3.63, 3.8) is 0 Å². The maximum absolute atomic E-state index is 4.58. The molecule has 0 aliphatic carbocycles. The summed E-state index contributed by atoms with van der Waals surface area (Å²) >= 11 is 0. The quantitative estimate of drug-likeness (QED) is 0.470. The van der Waals surface area contributed by atoms with Crippen molar-refractivity contribution in [2.45, 2.75) is 53.0 Å². The van der Waals surface area contributed by atoms with Gasteiger partial charge in [-0.25, -0.2) is 0 Å². The van der Waals surface area contributed by atoms with E-state index in [1.54, 1.807) is 0 Å². The molecule has 4 nitrogen and oxygen atoms in total. The molecule has 0 atom stereocenters. The molecule has 0 rings (SSSR count). The van der Waals surface area contributed by atoms with Crippen LogP contribution in [0.2, 0.25) is 0 Å². The summed E-state index contributed by atoms with van der Waals surface area (Å²) in [6.07, 6.45) is 2.14. The van der Waals surface area contributed by atoms with E-state index >= 15 is 0 Å². The Morgan fingerprint density at radius 3 is 2.20 bits per heavy atom. The van der Waals surface area contributed by atoms with Crippen molar-refractivity contribution in [3.8, 4) is 0 Å². The largest absolute Gasteiger partial charge is 0.588 e. The highest BCUT2D eigenvalue weighted by Gasteiger charge is 2.00. The van der Waals surface area contributed by atoms with Crippen LogP contribution >= 0.6 is 0 Å². The third kappa shape index (κ3) is 9.82. The molecule has 0 saturated carbocycles. The van der Waals surface area contributed by atoms with Gasteiger partial charge in [0.2, 0.25) is 0 Å². The molecule has 0 fully saturated rings. The third-order valence-corrected chi connectivity index (χ3v) is 1.57. The van der Waals surface area contributed by atoms with Crippen LogP contribution in [0.3, 0.4) is 0 Å². The minimum absolute atomic E-state index is 0.0323. The first kappa shape index (κ1) is 14.5. The predicted molar refractivity (Wildman–Crippen MR) is 65.0 cm³/mol. The summed E-state index contributed by atoms with van der Waals surface area (Å²) in [7, 11) is 0. The molecular formula is C11H25N4-. The number of hydrogen-bond donors (Lipinski definition) is 0. The number of hydrogen-bond acceptors (Lipinski definition) is 3. The molecule has 0 aliphatic rings. The second kappa shape index (κ2) is 7.77. The van der Waals surface area contributed by atoms with E-state index < -0.39 is 0 Å². The molecule has 90 valence electrons. The van der Waals surface area contributed by atoms with Crippen LogP contribution in [0.5, 0.6) is 0 Å². The molecule has 0 aromatic heterocycles. The van der Waals surface area contributed by atoms with Crippen molar-refractivity contribution in [2.75, 3.05) is 19.8 Å². The van der Waals surface area contributed by atoms with Crippen molar-refractivity contribution in [2.24, 2.45) is 10.2 Å². The molecule has 0 spiro atoms. The number of rotatable bonds is 7. The maximum Gasteiger partial charge on any atom is 0.0957 e. The van der Waals surface area contributed by atoms with Crippen LogP contribution < -0.4 is 0 Å². The molecule has 0 aromatic rings. The molecule has 0 bridgehead atoms. The number of nitrogens with zero attached hydrogens (tertiary/aromatic N) is 4. The van der Waals surface area contributed by atoms with E-state index in [4.69, 9.17) is 0 Å². The van der Waals surface area contributed by atoms with Gasteiger partial charge in [0.1, 0.15) is 0 Å². The average Bonchev–Trinajstić information content (AvgIpc) is 2.10. The molecule has 15 heavy (non-hydrogen) atoms. The van der Waals surface area contributed by atoms with Crippen molar-refractivity contribution in [3.05, 3.63) is 5.43 Å². The van der Waals surface area contributed by atoms with Crippen LogP contribution in [0, 0.1) is 0 Å². The van der Waals surface area contributed by atoms with Crippen molar-refractivity contribution >= 4 is 0 Å². The lowest BCUT2D eigenvalue weighted by atomic mass is 10.1. The van der Waals surface area contributed by atoms with Crippen molar-refractivity contribution in [1.82, 2.24) is 5.01 Å². The van der Waals surface area contributed by atoms with Gasteiger partial charge in [-0.2, -0.15) is 10.2 Å². The summed E-state index contributed by atoms with van der Waals surface area (Å²) in [4.78, 5) is 0. The lowest BCUT2D eigenvalue weighted by molar-refractivity contribution is 0.306. The van der Waals surface area contributed by atoms with Crippen LogP contribution in [0.25, 0.3) is 5.43 Å². The zero-order chi connectivity index (χ0) is 11.7. The minimum atomic E-state index is -0.0323. The monoisotopic (exact) mass is 213 g/mol. The van der Waals surface area contributed by atoms with Crippen molar-refractivity contribution < 1.29 is 0 Å². The molecule has 0 amide bonds. The standard InChI is InChI=1S/C11H25N4/c1-6-8-12-13-10-15(9-7-2)14-11(3,4)5/h6-10H2,1-5H3/q-1. The van der Waals surface area contributed by atoms with E-state index in [9.17, 15) is 0 Å². The SMILES string of the molecule is CCCN=NCN(CCC)[N-]C(C)(C)C. The highest BCUT2D eigenvalue weighted by Crippen LogP contribution is 2.17. The van der Waals surface area contributed by atoms with E-state index in [2.05, 4.69) is 50.3 Å². The van der Waals surface area contributed by atoms with Gasteiger partial charge in [0.15, 0.2) is 0 Å². The summed E-state index contributed by atoms with van der Waals surface area (Å²) < 4.78 is 0. The van der Waals surface area contributed by atoms with Gasteiger partial charge in [-0.05, 0) is 19.4 Å². The van der Waals surface area contributed by atoms with Gasteiger partial charge < -0.3 is 10.4 Å². The zero-order valence-corrected chi connectivity index (χ0v) is 10.8. The van der Waals surface area contributed by atoms with E-state index in [0.29, 0.717) is 6.67 Å². The molecule has 0 radical (unpaired) electrons. The lowest BCUT2D eigenvalue weighted by Gasteiger charge is -2.46. The van der Waals surface area contributed by atoms with Crippen molar-refractivity contribution in [1.29, 1.82) is 0 Å². The average molecular weight is 213 g/mol. The van der Waals surface area contributed by atoms with Gasteiger partial charge in [0.05, 0.1) is 13.2 Å². The molecule has 0 N–H and O–H groups in total. The second-order valence-electron chi connectivity index (χ2n) is 4.65. The fourth-order valence-corrected chi connectivity index (χ4v) is 1.12. The Bertz CT molecular complexity index is 172. The van der Waals surface area contributed by atoms with Crippen LogP contribution in [0.15, 0.2) is 10.2 Å². The first-order valence-electron chi connectivity index (χ1n) is 5.80. The maximum atomic E-state index is 4.58. The molecular weight excluding hydrogens is 188 g/mol. The first-order chi connectivity index (χ1) is 6.99. The summed E-state index contributed by atoms with van der Waals surface area (Å²) in [5, 5.41) is 10.2. The molecule has 0 aliphatic heterocycles. The second-order valence-corrected chi connectivity index (χ2v) is 4.65. The van der Waals surface area contributed by atoms with Gasteiger partial charge in [-0.15, -0.1) is 5.54 Å². The highest BCUT2D eigenvalue weighted by molar-refractivity contribution is 4.93. The Labute approximate surface area is 94.1 Å². The Morgan fingerprint density at radius 2 is 1.73 bits per heavy atom. The summed E-state index contributed by atoms with van der Waals surface area (Å²) in [6, 6.07) is 0. The molecule has 0 aromatic carbocycles. The van der Waals surface area contributed by atoms with E-state index in [0.717, 1.165) is 25.9 Å². The lowest BCUT2D eigenvalue weighted by Crippen LogP contribution is -2.28. The topological polar surface area (TPSA) is 42.1 Å². The Balaban J connectivity index is 3.93. The summed E-state index contributed by atoms with van der Waals surface area (Å²) in [6.45, 7) is 12.9. The summed E-state index contributed by atoms with van der Waals surface area (Å²) in [5.41, 5.74) is 4.54. The van der Waals surface area contributed by atoms with Gasteiger partial charge in [0.25, 0.3) is 0 Å². The summed E-state index contributed by atoms with van der Waals surface area (Å²) in [5.74, 6) is 0. The van der Waals surface area contributed by atoms with Crippen LogP contribution in [-0.4, -0.2) is 30.3 Å². The third-order valence-electron chi connectivity index (χ3n) is 1.57. The molecule has 4 heteroatoms. The normalized spacial score (nSPS) is 12.9. The molecule has 0 unspecified atom stereocenters. The fourth-order valence-electron chi connectivity index (χ4n) is 1.12. The van der Waals surface area contributed by atoms with Crippen LogP contribution in [-0.2, 0) is 0 Å². The predicted octanol–water partition coefficient (Wildman–Crippen LogP) is 3.61. The van der Waals surface area contributed by atoms with Gasteiger partial charge in [0, 0.05) is 0 Å². The van der Waals surface area contributed by atoms with E-state index in [-0.39, 0.29) is 5.54 Å². The van der Waals surface area contributed by atoms with E-state index in [1.807, 2.05) is 5.01 Å². The first-order valence-corrected chi connectivity index (χ1v) is 5.80. The smallest absolute Gasteiger partial charge is 0.0957 e. The highest BCUT2D eigenvalue weighted by atomic mass is 15.6. The number of azo groups is 1. The van der Waals surface area contributed by atoms with Gasteiger partial charge in [-0.1, -0.05) is 34.6 Å². The van der Waals surface area contributed by atoms with Crippen LogP contribution in [0.1, 0.15) is 47.5 Å². The van der Waals surface area contributed by atoms with Crippen LogP contribution in [0.4, 0.5) is 0 Å². The molecule has 0 heterocycles. The Kier molecular flexibility index (Phi) is 7.52. The molecule has 0 saturated heterocycles. The van der Waals surface area contributed by atoms with Gasteiger partial charge >= 0.3 is 0 Å². The minimum Gasteiger partial charge on any atom is -0.588 e. The van der Waals surface area contributed by atoms with E-state index in [1.165, 1.54) is 0 Å². The Hall–Kier alpha value is -0.480.